The highest BCUT2D eigenvalue weighted by atomic mass is 16.5. The first-order chi connectivity index (χ1) is 7.62. The molecule has 3 nitrogen and oxygen atoms in total. The van der Waals surface area contributed by atoms with E-state index in [1.54, 1.807) is 0 Å². The van der Waals surface area contributed by atoms with Gasteiger partial charge in [0.2, 0.25) is 0 Å². The van der Waals surface area contributed by atoms with Crippen LogP contribution in [0, 0.1) is 17.8 Å². The first kappa shape index (κ1) is 13.5. The monoisotopic (exact) mass is 224 g/mol. The van der Waals surface area contributed by atoms with Gasteiger partial charge in [0.1, 0.15) is 0 Å². The highest BCUT2D eigenvalue weighted by Gasteiger charge is 2.48. The Morgan fingerprint density at radius 3 is 2.75 bits per heavy atom. The van der Waals surface area contributed by atoms with Crippen LogP contribution >= 0.6 is 0 Å². The standard InChI is InChI=1S/C13H24N2O/c1-5-7-14-8-9-15-11-10-12(16-6-2)13(11,3)4/h1,11-12,14-15H,6-10H2,2-4H3. The lowest BCUT2D eigenvalue weighted by molar-refractivity contribution is -0.113. The summed E-state index contributed by atoms with van der Waals surface area (Å²) in [5.41, 5.74) is 0.252. The summed E-state index contributed by atoms with van der Waals surface area (Å²) < 4.78 is 5.69. The molecule has 2 N–H and O–H groups in total. The van der Waals surface area contributed by atoms with Gasteiger partial charge in [-0.2, -0.15) is 0 Å². The van der Waals surface area contributed by atoms with Crippen LogP contribution in [0.2, 0.25) is 0 Å². The molecule has 0 heterocycles. The van der Waals surface area contributed by atoms with E-state index in [0.29, 0.717) is 18.7 Å². The predicted octanol–water partition coefficient (Wildman–Crippen LogP) is 1.00. The Balaban J connectivity index is 2.14. The SMILES string of the molecule is C#CCNCCNC1CC(OCC)C1(C)C. The van der Waals surface area contributed by atoms with Crippen molar-refractivity contribution in [3.05, 3.63) is 0 Å². The normalized spacial score (nSPS) is 27.1. The maximum Gasteiger partial charge on any atom is 0.0655 e. The molecule has 0 aliphatic heterocycles. The molecule has 1 rings (SSSR count). The van der Waals surface area contributed by atoms with E-state index in [-0.39, 0.29) is 5.41 Å². The fraction of sp³-hybridized carbons (Fsp3) is 0.846. The number of ether oxygens (including phenoxy) is 1. The number of hydrogen-bond donors (Lipinski definition) is 2. The molecule has 3 heteroatoms. The number of terminal acetylenes is 1. The Morgan fingerprint density at radius 2 is 2.19 bits per heavy atom. The van der Waals surface area contributed by atoms with Crippen molar-refractivity contribution in [2.45, 2.75) is 39.3 Å². The third-order valence-corrected chi connectivity index (χ3v) is 3.47. The minimum absolute atomic E-state index is 0.252. The largest absolute Gasteiger partial charge is 0.378 e. The van der Waals surface area contributed by atoms with Crippen LogP contribution in [0.5, 0.6) is 0 Å². The van der Waals surface area contributed by atoms with Crippen molar-refractivity contribution in [3.63, 3.8) is 0 Å². The molecule has 0 radical (unpaired) electrons. The number of rotatable bonds is 7. The Hall–Kier alpha value is -0.560. The van der Waals surface area contributed by atoms with Gasteiger partial charge in [-0.05, 0) is 13.3 Å². The number of hydrogen-bond acceptors (Lipinski definition) is 3. The van der Waals surface area contributed by atoms with Gasteiger partial charge in [0.05, 0.1) is 12.6 Å². The average molecular weight is 224 g/mol. The van der Waals surface area contributed by atoms with Crippen LogP contribution in [0.1, 0.15) is 27.2 Å². The molecule has 1 fully saturated rings. The average Bonchev–Trinajstić information content (AvgIpc) is 2.26. The molecule has 0 bridgehead atoms. The van der Waals surface area contributed by atoms with E-state index in [9.17, 15) is 0 Å². The Labute approximate surface area is 99.3 Å². The Kier molecular flexibility index (Phi) is 5.27. The number of nitrogens with one attached hydrogen (secondary N) is 2. The quantitative estimate of drug-likeness (QED) is 0.500. The van der Waals surface area contributed by atoms with Crippen LogP contribution < -0.4 is 10.6 Å². The van der Waals surface area contributed by atoms with Gasteiger partial charge < -0.3 is 15.4 Å². The highest BCUT2D eigenvalue weighted by molar-refractivity contribution is 5.02. The van der Waals surface area contributed by atoms with Gasteiger partial charge in [-0.25, -0.2) is 0 Å². The third kappa shape index (κ3) is 3.21. The van der Waals surface area contributed by atoms with Gasteiger partial charge in [0.25, 0.3) is 0 Å². The fourth-order valence-corrected chi connectivity index (χ4v) is 2.21. The van der Waals surface area contributed by atoms with Crippen LogP contribution in [0.4, 0.5) is 0 Å². The molecule has 2 atom stereocenters. The Morgan fingerprint density at radius 1 is 1.44 bits per heavy atom. The summed E-state index contributed by atoms with van der Waals surface area (Å²) in [5, 5.41) is 6.72. The van der Waals surface area contributed by atoms with Crippen LogP contribution in [0.15, 0.2) is 0 Å². The topological polar surface area (TPSA) is 33.3 Å². The van der Waals surface area contributed by atoms with Gasteiger partial charge >= 0.3 is 0 Å². The summed E-state index contributed by atoms with van der Waals surface area (Å²) in [4.78, 5) is 0. The third-order valence-electron chi connectivity index (χ3n) is 3.47. The summed E-state index contributed by atoms with van der Waals surface area (Å²) >= 11 is 0. The zero-order chi connectivity index (χ0) is 12.0. The van der Waals surface area contributed by atoms with Gasteiger partial charge in [0.15, 0.2) is 0 Å². The molecule has 0 aromatic rings. The van der Waals surface area contributed by atoms with Gasteiger partial charge in [0, 0.05) is 31.2 Å². The lowest BCUT2D eigenvalue weighted by atomic mass is 9.64. The molecule has 0 aromatic carbocycles. The maximum absolute atomic E-state index is 5.69. The second-order valence-electron chi connectivity index (χ2n) is 4.89. The van der Waals surface area contributed by atoms with E-state index >= 15 is 0 Å². The molecule has 2 unspecified atom stereocenters. The summed E-state index contributed by atoms with van der Waals surface area (Å²) in [6, 6.07) is 0.566. The molecule has 1 saturated carbocycles. The lowest BCUT2D eigenvalue weighted by Crippen LogP contribution is -2.61. The minimum Gasteiger partial charge on any atom is -0.378 e. The summed E-state index contributed by atoms with van der Waals surface area (Å²) in [7, 11) is 0. The first-order valence-corrected chi connectivity index (χ1v) is 6.12. The van der Waals surface area contributed by atoms with Crippen molar-refractivity contribution in [2.75, 3.05) is 26.2 Å². The molecule has 0 amide bonds. The van der Waals surface area contributed by atoms with E-state index in [1.165, 1.54) is 0 Å². The second kappa shape index (κ2) is 6.24. The summed E-state index contributed by atoms with van der Waals surface area (Å²) in [6.45, 7) is 9.94. The molecular weight excluding hydrogens is 200 g/mol. The molecule has 0 aromatic heterocycles. The van der Waals surface area contributed by atoms with E-state index in [4.69, 9.17) is 11.2 Å². The van der Waals surface area contributed by atoms with Crippen LogP contribution in [-0.4, -0.2) is 38.4 Å². The van der Waals surface area contributed by atoms with Crippen molar-refractivity contribution >= 4 is 0 Å². The van der Waals surface area contributed by atoms with Gasteiger partial charge in [-0.1, -0.05) is 19.8 Å². The van der Waals surface area contributed by atoms with E-state index < -0.39 is 0 Å². The zero-order valence-electron chi connectivity index (χ0n) is 10.7. The van der Waals surface area contributed by atoms with Crippen LogP contribution in [-0.2, 0) is 4.74 Å². The molecular formula is C13H24N2O. The van der Waals surface area contributed by atoms with Crippen LogP contribution in [0.3, 0.4) is 0 Å². The molecule has 1 aliphatic rings. The summed E-state index contributed by atoms with van der Waals surface area (Å²) in [5.74, 6) is 2.56. The van der Waals surface area contributed by atoms with E-state index in [2.05, 4.69) is 37.3 Å². The smallest absolute Gasteiger partial charge is 0.0655 e. The van der Waals surface area contributed by atoms with Crippen LogP contribution in [0.25, 0.3) is 0 Å². The van der Waals surface area contributed by atoms with Crippen molar-refractivity contribution in [1.29, 1.82) is 0 Å². The Bertz CT molecular complexity index is 245. The van der Waals surface area contributed by atoms with E-state index in [1.807, 2.05) is 0 Å². The fourth-order valence-electron chi connectivity index (χ4n) is 2.21. The van der Waals surface area contributed by atoms with Crippen molar-refractivity contribution in [3.8, 4) is 12.3 Å². The predicted molar refractivity (Wildman–Crippen MR) is 67.3 cm³/mol. The first-order valence-electron chi connectivity index (χ1n) is 6.12. The molecule has 1 aliphatic carbocycles. The molecule has 0 saturated heterocycles. The molecule has 92 valence electrons. The highest BCUT2D eigenvalue weighted by Crippen LogP contribution is 2.42. The van der Waals surface area contributed by atoms with Crippen molar-refractivity contribution < 1.29 is 4.74 Å². The second-order valence-corrected chi connectivity index (χ2v) is 4.89. The lowest BCUT2D eigenvalue weighted by Gasteiger charge is -2.52. The van der Waals surface area contributed by atoms with E-state index in [0.717, 1.165) is 26.1 Å². The van der Waals surface area contributed by atoms with Crippen molar-refractivity contribution in [1.82, 2.24) is 10.6 Å². The van der Waals surface area contributed by atoms with Crippen molar-refractivity contribution in [2.24, 2.45) is 5.41 Å². The molecule has 0 spiro atoms. The minimum atomic E-state index is 0.252. The van der Waals surface area contributed by atoms with Gasteiger partial charge in [-0.15, -0.1) is 6.42 Å². The maximum atomic E-state index is 5.69. The summed E-state index contributed by atoms with van der Waals surface area (Å²) in [6.07, 6.45) is 6.68. The molecule has 16 heavy (non-hydrogen) atoms. The van der Waals surface area contributed by atoms with Gasteiger partial charge in [-0.3, -0.25) is 0 Å². The zero-order valence-corrected chi connectivity index (χ0v) is 10.7.